The smallest absolute Gasteiger partial charge is 0.123 e. The zero-order valence-electron chi connectivity index (χ0n) is 11.4. The first kappa shape index (κ1) is 12.3. The summed E-state index contributed by atoms with van der Waals surface area (Å²) in [4.78, 5) is 4.31. The van der Waals surface area contributed by atoms with Gasteiger partial charge in [0.15, 0.2) is 0 Å². The van der Waals surface area contributed by atoms with Gasteiger partial charge in [0.1, 0.15) is 5.82 Å². The Kier molecular flexibility index (Phi) is 2.89. The predicted octanol–water partition coefficient (Wildman–Crippen LogP) is 4.97. The number of fused-ring (bicyclic) bond motifs is 1. The van der Waals surface area contributed by atoms with Crippen LogP contribution in [0.2, 0.25) is 0 Å². The monoisotopic (exact) mass is 255 g/mol. The van der Waals surface area contributed by atoms with Crippen LogP contribution in [-0.4, -0.2) is 4.98 Å². The van der Waals surface area contributed by atoms with Crippen LogP contribution in [0.4, 0.5) is 4.39 Å². The molecule has 0 bridgehead atoms. The number of benzene rings is 1. The summed E-state index contributed by atoms with van der Waals surface area (Å²) in [5, 5.41) is 0.924. The Morgan fingerprint density at radius 1 is 1.21 bits per heavy atom. The van der Waals surface area contributed by atoms with Gasteiger partial charge in [0, 0.05) is 11.6 Å². The van der Waals surface area contributed by atoms with Gasteiger partial charge in [-0.1, -0.05) is 19.9 Å². The third-order valence-corrected chi connectivity index (χ3v) is 4.02. The zero-order valence-corrected chi connectivity index (χ0v) is 11.4. The van der Waals surface area contributed by atoms with E-state index in [9.17, 15) is 4.39 Å². The average molecular weight is 255 g/mol. The molecule has 98 valence electrons. The van der Waals surface area contributed by atoms with Gasteiger partial charge in [-0.2, -0.15) is 0 Å². The molecule has 1 aliphatic rings. The van der Waals surface area contributed by atoms with Crippen molar-refractivity contribution in [3.05, 3.63) is 47.9 Å². The van der Waals surface area contributed by atoms with Crippen LogP contribution in [-0.2, 0) is 0 Å². The highest BCUT2D eigenvalue weighted by molar-refractivity contribution is 5.91. The predicted molar refractivity (Wildman–Crippen MR) is 77.3 cm³/mol. The molecule has 1 nitrogen and oxygen atoms in total. The van der Waals surface area contributed by atoms with Gasteiger partial charge < -0.3 is 0 Å². The van der Waals surface area contributed by atoms with Crippen LogP contribution in [0.5, 0.6) is 0 Å². The minimum atomic E-state index is -0.196. The van der Waals surface area contributed by atoms with E-state index in [1.165, 1.54) is 18.1 Å². The van der Waals surface area contributed by atoms with Crippen molar-refractivity contribution >= 4 is 16.5 Å². The van der Waals surface area contributed by atoms with Crippen LogP contribution in [0.3, 0.4) is 0 Å². The lowest BCUT2D eigenvalue weighted by molar-refractivity contribution is 0.335. The Morgan fingerprint density at radius 3 is 2.79 bits per heavy atom. The standard InChI is InChI=1S/C17H18FN/c1-17(2)8-5-12(6-9-17)14-7-10-19-16-4-3-13(18)11-15(14)16/h3-5,7,10-11H,6,8-9H2,1-2H3. The summed E-state index contributed by atoms with van der Waals surface area (Å²) >= 11 is 0. The highest BCUT2D eigenvalue weighted by Gasteiger charge is 2.22. The summed E-state index contributed by atoms with van der Waals surface area (Å²) in [6.45, 7) is 4.59. The summed E-state index contributed by atoms with van der Waals surface area (Å²) in [6, 6.07) is 6.82. The van der Waals surface area contributed by atoms with Crippen molar-refractivity contribution in [2.45, 2.75) is 33.1 Å². The average Bonchev–Trinajstić information content (AvgIpc) is 2.38. The molecule has 0 spiro atoms. The molecule has 3 rings (SSSR count). The van der Waals surface area contributed by atoms with Crippen molar-refractivity contribution in [2.75, 3.05) is 0 Å². The maximum Gasteiger partial charge on any atom is 0.123 e. The van der Waals surface area contributed by atoms with Crippen molar-refractivity contribution in [3.63, 3.8) is 0 Å². The maximum atomic E-state index is 13.5. The van der Waals surface area contributed by atoms with E-state index < -0.39 is 0 Å². The lowest BCUT2D eigenvalue weighted by Gasteiger charge is -2.29. The van der Waals surface area contributed by atoms with E-state index in [0.717, 1.165) is 29.3 Å². The molecule has 0 saturated heterocycles. The molecule has 0 unspecified atom stereocenters. The molecule has 2 aromatic rings. The molecule has 0 N–H and O–H groups in total. The van der Waals surface area contributed by atoms with Gasteiger partial charge in [-0.05, 0) is 60.1 Å². The molecule has 0 atom stereocenters. The summed E-state index contributed by atoms with van der Waals surface area (Å²) < 4.78 is 13.5. The van der Waals surface area contributed by atoms with Gasteiger partial charge in [0.05, 0.1) is 5.52 Å². The second kappa shape index (κ2) is 4.44. The van der Waals surface area contributed by atoms with E-state index >= 15 is 0 Å². The Labute approximate surface area is 113 Å². The van der Waals surface area contributed by atoms with E-state index in [0.29, 0.717) is 5.41 Å². The molecule has 0 aliphatic heterocycles. The molecule has 0 radical (unpaired) electrons. The summed E-state index contributed by atoms with van der Waals surface area (Å²) in [6.07, 6.45) is 7.45. The van der Waals surface area contributed by atoms with Crippen molar-refractivity contribution < 1.29 is 4.39 Å². The first-order valence-corrected chi connectivity index (χ1v) is 6.79. The largest absolute Gasteiger partial charge is 0.256 e. The highest BCUT2D eigenvalue weighted by atomic mass is 19.1. The minimum Gasteiger partial charge on any atom is -0.256 e. The minimum absolute atomic E-state index is 0.196. The van der Waals surface area contributed by atoms with Crippen LogP contribution in [0, 0.1) is 11.2 Å². The number of pyridine rings is 1. The molecule has 0 saturated carbocycles. The van der Waals surface area contributed by atoms with E-state index in [1.807, 2.05) is 12.3 Å². The van der Waals surface area contributed by atoms with Crippen LogP contribution in [0.25, 0.3) is 16.5 Å². The topological polar surface area (TPSA) is 12.9 Å². The van der Waals surface area contributed by atoms with Crippen LogP contribution >= 0.6 is 0 Å². The van der Waals surface area contributed by atoms with Crippen LogP contribution < -0.4 is 0 Å². The quantitative estimate of drug-likeness (QED) is 0.701. The van der Waals surface area contributed by atoms with E-state index in [2.05, 4.69) is 24.9 Å². The molecule has 1 heterocycles. The number of nitrogens with zero attached hydrogens (tertiary/aromatic N) is 1. The van der Waals surface area contributed by atoms with Gasteiger partial charge in [0.25, 0.3) is 0 Å². The van der Waals surface area contributed by atoms with Gasteiger partial charge in [0.2, 0.25) is 0 Å². The fourth-order valence-corrected chi connectivity index (χ4v) is 2.72. The molecule has 1 aromatic carbocycles. The number of aromatic nitrogens is 1. The highest BCUT2D eigenvalue weighted by Crippen LogP contribution is 2.39. The number of rotatable bonds is 1. The first-order chi connectivity index (χ1) is 9.05. The molecular weight excluding hydrogens is 237 g/mol. The lowest BCUT2D eigenvalue weighted by Crippen LogP contribution is -2.14. The molecular formula is C17H18FN. The second-order valence-corrected chi connectivity index (χ2v) is 6.12. The van der Waals surface area contributed by atoms with E-state index in [1.54, 1.807) is 12.1 Å². The first-order valence-electron chi connectivity index (χ1n) is 6.79. The van der Waals surface area contributed by atoms with Crippen molar-refractivity contribution in [1.82, 2.24) is 4.98 Å². The van der Waals surface area contributed by atoms with Gasteiger partial charge in [-0.15, -0.1) is 0 Å². The summed E-state index contributed by atoms with van der Waals surface area (Å²) in [7, 11) is 0. The van der Waals surface area contributed by atoms with Crippen LogP contribution in [0.1, 0.15) is 38.7 Å². The Hall–Kier alpha value is -1.70. The van der Waals surface area contributed by atoms with Crippen molar-refractivity contribution in [1.29, 1.82) is 0 Å². The Morgan fingerprint density at radius 2 is 2.05 bits per heavy atom. The number of hydrogen-bond acceptors (Lipinski definition) is 1. The Balaban J connectivity index is 2.11. The Bertz CT molecular complexity index is 655. The van der Waals surface area contributed by atoms with Gasteiger partial charge >= 0.3 is 0 Å². The number of halogens is 1. The van der Waals surface area contributed by atoms with E-state index in [4.69, 9.17) is 0 Å². The molecule has 0 amide bonds. The maximum absolute atomic E-state index is 13.5. The number of hydrogen-bond donors (Lipinski definition) is 0. The SMILES string of the molecule is CC1(C)CC=C(c2ccnc3ccc(F)cc23)CC1. The molecule has 19 heavy (non-hydrogen) atoms. The molecule has 0 fully saturated rings. The van der Waals surface area contributed by atoms with Gasteiger partial charge in [-0.25, -0.2) is 4.39 Å². The summed E-state index contributed by atoms with van der Waals surface area (Å²) in [5.41, 5.74) is 3.72. The lowest BCUT2D eigenvalue weighted by atomic mass is 9.77. The summed E-state index contributed by atoms with van der Waals surface area (Å²) in [5.74, 6) is -0.196. The van der Waals surface area contributed by atoms with E-state index in [-0.39, 0.29) is 5.82 Å². The molecule has 1 aliphatic carbocycles. The molecule has 1 aromatic heterocycles. The zero-order chi connectivity index (χ0) is 13.5. The fraction of sp³-hybridized carbons (Fsp3) is 0.353. The van der Waals surface area contributed by atoms with Crippen molar-refractivity contribution in [3.8, 4) is 0 Å². The third kappa shape index (κ3) is 2.40. The molecule has 2 heteroatoms. The van der Waals surface area contributed by atoms with Crippen molar-refractivity contribution in [2.24, 2.45) is 5.41 Å². The van der Waals surface area contributed by atoms with Gasteiger partial charge in [-0.3, -0.25) is 4.98 Å². The fourth-order valence-electron chi connectivity index (χ4n) is 2.72. The normalized spacial score (nSPS) is 18.4. The van der Waals surface area contributed by atoms with Crippen LogP contribution in [0.15, 0.2) is 36.5 Å². The third-order valence-electron chi connectivity index (χ3n) is 4.02. The number of allylic oxidation sites excluding steroid dienone is 2. The second-order valence-electron chi connectivity index (χ2n) is 6.12.